The summed E-state index contributed by atoms with van der Waals surface area (Å²) in [5, 5.41) is 11.9. The lowest BCUT2D eigenvalue weighted by Gasteiger charge is -2.47. The predicted octanol–water partition coefficient (Wildman–Crippen LogP) is 4.14. The van der Waals surface area contributed by atoms with Crippen LogP contribution in [-0.2, 0) is 9.53 Å². The topological polar surface area (TPSA) is 117 Å². The van der Waals surface area contributed by atoms with Crippen molar-refractivity contribution in [1.29, 1.82) is 0 Å². The lowest BCUT2D eigenvalue weighted by atomic mass is 9.64. The zero-order valence-corrected chi connectivity index (χ0v) is 21.3. The van der Waals surface area contributed by atoms with Gasteiger partial charge in [0.25, 0.3) is 0 Å². The van der Waals surface area contributed by atoms with Gasteiger partial charge in [0.05, 0.1) is 5.60 Å². The quantitative estimate of drug-likeness (QED) is 0.430. The Hall–Kier alpha value is -2.42. The molecule has 3 amide bonds. The molecule has 9 nitrogen and oxygen atoms in total. The highest BCUT2D eigenvalue weighted by Gasteiger charge is 2.52. The predicted molar refractivity (Wildman–Crippen MR) is 136 cm³/mol. The highest BCUT2D eigenvalue weighted by atomic mass is 16.5. The van der Waals surface area contributed by atoms with Crippen molar-refractivity contribution in [2.24, 2.45) is 11.8 Å². The van der Waals surface area contributed by atoms with Gasteiger partial charge in [-0.3, -0.25) is 10.1 Å². The van der Waals surface area contributed by atoms with E-state index in [2.05, 4.69) is 31.2 Å². The number of hydrogen-bond acceptors (Lipinski definition) is 6. The first-order chi connectivity index (χ1) is 16.9. The highest BCUT2D eigenvalue weighted by Crippen LogP contribution is 2.51. The lowest BCUT2D eigenvalue weighted by Crippen LogP contribution is -2.52. The number of ether oxygens (including phenoxy) is 1. The molecule has 0 radical (unpaired) electrons. The number of aryl methyl sites for hydroxylation is 1. The van der Waals surface area contributed by atoms with E-state index in [0.29, 0.717) is 30.7 Å². The van der Waals surface area contributed by atoms with E-state index in [1.165, 1.54) is 51.9 Å². The molecule has 0 bridgehead atoms. The second-order valence-electron chi connectivity index (χ2n) is 10.5. The molecule has 3 atom stereocenters. The van der Waals surface area contributed by atoms with Gasteiger partial charge in [0.15, 0.2) is 0 Å². The summed E-state index contributed by atoms with van der Waals surface area (Å²) < 4.78 is 6.53. The molecule has 1 aromatic heterocycles. The van der Waals surface area contributed by atoms with E-state index in [4.69, 9.17) is 4.74 Å². The van der Waals surface area contributed by atoms with Gasteiger partial charge in [-0.25, -0.2) is 9.78 Å². The van der Waals surface area contributed by atoms with Gasteiger partial charge in [0, 0.05) is 44.4 Å². The standard InChI is InChI=1S/C26H42N6O3/c1-18-16-23(28-14-13-27-19(2)33)31-24(29-18)32-25(34)30-22-10-12-26(21(17-22)11-15-35-26)20-8-6-4-3-5-7-9-20/h16,20-22H,3-15,17H2,1-2H3,(H,27,33)(H3,28,29,30,31,32,34). The van der Waals surface area contributed by atoms with Gasteiger partial charge in [-0.2, -0.15) is 4.98 Å². The summed E-state index contributed by atoms with van der Waals surface area (Å²) >= 11 is 0. The van der Waals surface area contributed by atoms with Crippen LogP contribution in [0, 0.1) is 18.8 Å². The number of amides is 3. The Kier molecular flexibility index (Phi) is 8.81. The Labute approximate surface area is 209 Å². The van der Waals surface area contributed by atoms with Gasteiger partial charge in [0.2, 0.25) is 11.9 Å². The summed E-state index contributed by atoms with van der Waals surface area (Å²) in [5.41, 5.74) is 0.783. The number of nitrogens with zero attached hydrogens (tertiary/aromatic N) is 2. The van der Waals surface area contributed by atoms with Crippen LogP contribution in [0.2, 0.25) is 0 Å². The van der Waals surface area contributed by atoms with Crippen LogP contribution in [0.3, 0.4) is 0 Å². The number of aromatic nitrogens is 2. The Morgan fingerprint density at radius 1 is 1.03 bits per heavy atom. The van der Waals surface area contributed by atoms with Crippen LogP contribution in [0.1, 0.15) is 83.2 Å². The molecule has 0 spiro atoms. The smallest absolute Gasteiger partial charge is 0.321 e. The molecule has 4 N–H and O–H groups in total. The Morgan fingerprint density at radius 3 is 2.57 bits per heavy atom. The zero-order chi connectivity index (χ0) is 24.7. The maximum absolute atomic E-state index is 12.8. The van der Waals surface area contributed by atoms with Crippen molar-refractivity contribution in [2.45, 2.75) is 96.1 Å². The molecule has 1 saturated heterocycles. The number of carbonyl (C=O) groups is 2. The Morgan fingerprint density at radius 2 is 1.80 bits per heavy atom. The largest absolute Gasteiger partial charge is 0.374 e. The van der Waals surface area contributed by atoms with Crippen molar-refractivity contribution in [3.63, 3.8) is 0 Å². The van der Waals surface area contributed by atoms with Gasteiger partial charge in [-0.05, 0) is 57.3 Å². The molecular formula is C26H42N6O3. The average Bonchev–Trinajstić information content (AvgIpc) is 3.20. The molecule has 9 heteroatoms. The maximum atomic E-state index is 12.8. The summed E-state index contributed by atoms with van der Waals surface area (Å²) in [7, 11) is 0. The van der Waals surface area contributed by atoms with Gasteiger partial charge in [-0.15, -0.1) is 0 Å². The number of rotatable bonds is 7. The summed E-state index contributed by atoms with van der Waals surface area (Å²) in [6, 6.07) is 1.69. The molecule has 2 heterocycles. The van der Waals surface area contributed by atoms with Gasteiger partial charge in [0.1, 0.15) is 5.82 Å². The molecule has 0 aromatic carbocycles. The molecule has 2 saturated carbocycles. The third kappa shape index (κ3) is 6.84. The van der Waals surface area contributed by atoms with E-state index in [9.17, 15) is 9.59 Å². The van der Waals surface area contributed by atoms with Crippen LogP contribution in [-0.4, -0.2) is 53.2 Å². The second-order valence-corrected chi connectivity index (χ2v) is 10.5. The molecule has 3 aliphatic rings. The Bertz CT molecular complexity index is 873. The number of fused-ring (bicyclic) bond motifs is 1. The minimum atomic E-state index is -0.262. The monoisotopic (exact) mass is 486 g/mol. The minimum absolute atomic E-state index is 0.0312. The number of carbonyl (C=O) groups excluding carboxylic acids is 2. The van der Waals surface area contributed by atoms with Crippen molar-refractivity contribution in [3.05, 3.63) is 11.8 Å². The van der Waals surface area contributed by atoms with E-state index in [1.54, 1.807) is 0 Å². The third-order valence-corrected chi connectivity index (χ3v) is 8.00. The summed E-state index contributed by atoms with van der Waals surface area (Å²) in [6.07, 6.45) is 13.4. The maximum Gasteiger partial charge on any atom is 0.321 e. The molecular weight excluding hydrogens is 444 g/mol. The summed E-state index contributed by atoms with van der Waals surface area (Å²) in [5.74, 6) is 2.01. The normalized spacial score (nSPS) is 27.3. The number of urea groups is 1. The van der Waals surface area contributed by atoms with Crippen molar-refractivity contribution >= 4 is 23.7 Å². The second kappa shape index (κ2) is 12.0. The summed E-state index contributed by atoms with van der Waals surface area (Å²) in [6.45, 7) is 5.24. The van der Waals surface area contributed by atoms with Crippen LogP contribution in [0.5, 0.6) is 0 Å². The summed E-state index contributed by atoms with van der Waals surface area (Å²) in [4.78, 5) is 32.6. The molecule has 1 aromatic rings. The average molecular weight is 487 g/mol. The Balaban J connectivity index is 1.30. The minimum Gasteiger partial charge on any atom is -0.374 e. The molecule has 2 aliphatic carbocycles. The van der Waals surface area contributed by atoms with Crippen LogP contribution in [0.25, 0.3) is 0 Å². The lowest BCUT2D eigenvalue weighted by molar-refractivity contribution is -0.118. The van der Waals surface area contributed by atoms with Crippen molar-refractivity contribution in [1.82, 2.24) is 20.6 Å². The van der Waals surface area contributed by atoms with E-state index < -0.39 is 0 Å². The molecule has 1 aliphatic heterocycles. The van der Waals surface area contributed by atoms with Crippen molar-refractivity contribution in [3.8, 4) is 0 Å². The first-order valence-corrected chi connectivity index (χ1v) is 13.5. The van der Waals surface area contributed by atoms with Crippen LogP contribution < -0.4 is 21.3 Å². The first-order valence-electron chi connectivity index (χ1n) is 13.5. The molecule has 3 unspecified atom stereocenters. The van der Waals surface area contributed by atoms with Gasteiger partial charge >= 0.3 is 6.03 Å². The molecule has 194 valence electrons. The van der Waals surface area contributed by atoms with E-state index in [-0.39, 0.29) is 29.5 Å². The SMILES string of the molecule is CC(=O)NCCNc1cc(C)nc(NC(=O)NC2CCC3(C4CCCCCCC4)OCCC3C2)n1. The van der Waals surface area contributed by atoms with Crippen molar-refractivity contribution < 1.29 is 14.3 Å². The highest BCUT2D eigenvalue weighted by molar-refractivity contribution is 5.87. The zero-order valence-electron chi connectivity index (χ0n) is 21.3. The molecule has 4 rings (SSSR count). The van der Waals surface area contributed by atoms with Crippen LogP contribution >= 0.6 is 0 Å². The van der Waals surface area contributed by atoms with Crippen LogP contribution in [0.15, 0.2) is 6.07 Å². The molecule has 3 fully saturated rings. The number of anilines is 2. The van der Waals surface area contributed by atoms with E-state index in [0.717, 1.165) is 38.0 Å². The number of hydrogen-bond donors (Lipinski definition) is 4. The third-order valence-electron chi connectivity index (χ3n) is 8.00. The first kappa shape index (κ1) is 25.7. The van der Waals surface area contributed by atoms with E-state index in [1.807, 2.05) is 13.0 Å². The molecule has 35 heavy (non-hydrogen) atoms. The van der Waals surface area contributed by atoms with Crippen molar-refractivity contribution in [2.75, 3.05) is 30.3 Å². The fraction of sp³-hybridized carbons (Fsp3) is 0.769. The fourth-order valence-electron chi connectivity index (χ4n) is 6.41. The van der Waals surface area contributed by atoms with Gasteiger partial charge < -0.3 is 20.7 Å². The van der Waals surface area contributed by atoms with Gasteiger partial charge in [-0.1, -0.05) is 32.1 Å². The number of nitrogens with one attached hydrogen (secondary N) is 4. The van der Waals surface area contributed by atoms with Crippen LogP contribution in [0.4, 0.5) is 16.6 Å². The van der Waals surface area contributed by atoms with E-state index >= 15 is 0 Å². The fourth-order valence-corrected chi connectivity index (χ4v) is 6.41.